The lowest BCUT2D eigenvalue weighted by Gasteiger charge is -2.34. The Morgan fingerprint density at radius 3 is 2.50 bits per heavy atom. The van der Waals surface area contributed by atoms with Crippen molar-refractivity contribution in [2.45, 2.75) is 11.9 Å². The van der Waals surface area contributed by atoms with Crippen molar-refractivity contribution in [2.24, 2.45) is 0 Å². The highest BCUT2D eigenvalue weighted by molar-refractivity contribution is 8.21. The minimum absolute atomic E-state index is 0.0403. The molecule has 0 spiro atoms. The van der Waals surface area contributed by atoms with E-state index in [9.17, 15) is 9.59 Å². The Labute approximate surface area is 126 Å². The maximum absolute atomic E-state index is 12.1. The number of nitrogens with zero attached hydrogens (tertiary/aromatic N) is 3. The molecule has 8 heteroatoms. The van der Waals surface area contributed by atoms with Gasteiger partial charge in [0.15, 0.2) is 0 Å². The van der Waals surface area contributed by atoms with Crippen LogP contribution in [0.25, 0.3) is 0 Å². The van der Waals surface area contributed by atoms with E-state index < -0.39 is 0 Å². The van der Waals surface area contributed by atoms with Crippen LogP contribution in [0.3, 0.4) is 0 Å². The van der Waals surface area contributed by atoms with Gasteiger partial charge in [-0.2, -0.15) is 0 Å². The molecule has 0 aromatic carbocycles. The third-order valence-electron chi connectivity index (χ3n) is 3.05. The van der Waals surface area contributed by atoms with Gasteiger partial charge in [-0.25, -0.2) is 9.78 Å². The summed E-state index contributed by atoms with van der Waals surface area (Å²) in [6.07, 6.45) is 0. The van der Waals surface area contributed by atoms with Crippen LogP contribution in [0.15, 0.2) is 23.2 Å². The fraction of sp³-hybridized carbons (Fsp3) is 0.417. The lowest BCUT2D eigenvalue weighted by atomic mass is 10.3. The first-order chi connectivity index (χ1) is 9.60. The van der Waals surface area contributed by atoms with E-state index >= 15 is 0 Å². The summed E-state index contributed by atoms with van der Waals surface area (Å²) in [6.45, 7) is 3.71. The first kappa shape index (κ1) is 14.9. The SMILES string of the molecule is CC(=O)N1CCN(C(=O)Nc2cccc(SCl)n2)CC1. The Morgan fingerprint density at radius 1 is 1.25 bits per heavy atom. The summed E-state index contributed by atoms with van der Waals surface area (Å²) in [5.41, 5.74) is 0. The number of carbonyl (C=O) groups is 2. The van der Waals surface area contributed by atoms with Crippen LogP contribution in [0.2, 0.25) is 0 Å². The minimum Gasteiger partial charge on any atom is -0.339 e. The smallest absolute Gasteiger partial charge is 0.323 e. The van der Waals surface area contributed by atoms with Crippen LogP contribution >= 0.6 is 21.7 Å². The first-order valence-corrected chi connectivity index (χ1v) is 7.81. The Bertz CT molecular complexity index is 506. The van der Waals surface area contributed by atoms with Gasteiger partial charge in [-0.05, 0) is 22.8 Å². The van der Waals surface area contributed by atoms with Crippen molar-refractivity contribution in [3.8, 4) is 0 Å². The molecular weight excluding hydrogens is 300 g/mol. The van der Waals surface area contributed by atoms with Crippen LogP contribution < -0.4 is 5.32 Å². The normalized spacial score (nSPS) is 15.1. The molecule has 1 aliphatic rings. The number of nitrogens with one attached hydrogen (secondary N) is 1. The number of hydrogen-bond donors (Lipinski definition) is 1. The molecule has 0 unspecified atom stereocenters. The number of amides is 3. The van der Waals surface area contributed by atoms with Crippen LogP contribution in [0.1, 0.15) is 6.92 Å². The molecular formula is C12H15ClN4O2S. The molecule has 1 saturated heterocycles. The largest absolute Gasteiger partial charge is 0.339 e. The zero-order valence-corrected chi connectivity index (χ0v) is 12.6. The molecule has 1 aliphatic heterocycles. The molecule has 0 saturated carbocycles. The van der Waals surface area contributed by atoms with E-state index in [0.29, 0.717) is 37.0 Å². The van der Waals surface area contributed by atoms with Gasteiger partial charge in [0.2, 0.25) is 5.91 Å². The van der Waals surface area contributed by atoms with E-state index in [4.69, 9.17) is 10.7 Å². The molecule has 1 aromatic heterocycles. The van der Waals surface area contributed by atoms with Gasteiger partial charge in [-0.1, -0.05) is 6.07 Å². The minimum atomic E-state index is -0.211. The van der Waals surface area contributed by atoms with Crippen LogP contribution in [0.4, 0.5) is 10.6 Å². The van der Waals surface area contributed by atoms with Crippen LogP contribution in [0.5, 0.6) is 0 Å². The molecule has 1 fully saturated rings. The number of piperazine rings is 1. The Hall–Kier alpha value is -1.47. The summed E-state index contributed by atoms with van der Waals surface area (Å²) >= 11 is 0. The van der Waals surface area contributed by atoms with Gasteiger partial charge in [0.1, 0.15) is 10.8 Å². The maximum atomic E-state index is 12.1. The number of urea groups is 1. The van der Waals surface area contributed by atoms with E-state index in [1.807, 2.05) is 0 Å². The molecule has 1 N–H and O–H groups in total. The molecule has 6 nitrogen and oxygen atoms in total. The van der Waals surface area contributed by atoms with E-state index in [1.54, 1.807) is 28.0 Å². The van der Waals surface area contributed by atoms with Gasteiger partial charge in [0, 0.05) is 44.1 Å². The Balaban J connectivity index is 1.91. The second-order valence-corrected chi connectivity index (χ2v) is 5.40. The molecule has 1 aromatic rings. The van der Waals surface area contributed by atoms with E-state index in [-0.39, 0.29) is 11.9 Å². The average Bonchev–Trinajstić information content (AvgIpc) is 2.47. The topological polar surface area (TPSA) is 65.5 Å². The molecule has 20 heavy (non-hydrogen) atoms. The number of hydrogen-bond acceptors (Lipinski definition) is 4. The molecule has 2 heterocycles. The Kier molecular flexibility index (Phi) is 5.08. The van der Waals surface area contributed by atoms with Gasteiger partial charge in [0.05, 0.1) is 0 Å². The van der Waals surface area contributed by atoms with Crippen molar-refractivity contribution >= 4 is 39.4 Å². The molecule has 2 rings (SSSR count). The van der Waals surface area contributed by atoms with Gasteiger partial charge in [-0.15, -0.1) is 0 Å². The second-order valence-electron chi connectivity index (χ2n) is 4.36. The number of halogens is 1. The van der Waals surface area contributed by atoms with E-state index in [0.717, 1.165) is 11.0 Å². The lowest BCUT2D eigenvalue weighted by Crippen LogP contribution is -2.51. The predicted octanol–water partition coefficient (Wildman–Crippen LogP) is 2.02. The second kappa shape index (κ2) is 6.81. The van der Waals surface area contributed by atoms with Crippen molar-refractivity contribution in [2.75, 3.05) is 31.5 Å². The van der Waals surface area contributed by atoms with Crippen LogP contribution in [-0.2, 0) is 4.79 Å². The van der Waals surface area contributed by atoms with E-state index in [2.05, 4.69) is 10.3 Å². The first-order valence-electron chi connectivity index (χ1n) is 6.17. The number of aromatic nitrogens is 1. The highest BCUT2D eigenvalue weighted by Crippen LogP contribution is 2.20. The van der Waals surface area contributed by atoms with Crippen molar-refractivity contribution in [1.82, 2.24) is 14.8 Å². The molecule has 0 radical (unpaired) electrons. The van der Waals surface area contributed by atoms with Crippen LogP contribution in [-0.4, -0.2) is 52.9 Å². The summed E-state index contributed by atoms with van der Waals surface area (Å²) in [4.78, 5) is 30.9. The fourth-order valence-electron chi connectivity index (χ4n) is 1.94. The molecule has 3 amide bonds. The van der Waals surface area contributed by atoms with Crippen molar-refractivity contribution in [3.05, 3.63) is 18.2 Å². The summed E-state index contributed by atoms with van der Waals surface area (Å²) in [7, 11) is 6.62. The van der Waals surface area contributed by atoms with Crippen molar-refractivity contribution in [3.63, 3.8) is 0 Å². The zero-order valence-electron chi connectivity index (χ0n) is 11.0. The molecule has 108 valence electrons. The molecule has 0 bridgehead atoms. The monoisotopic (exact) mass is 314 g/mol. The van der Waals surface area contributed by atoms with Crippen molar-refractivity contribution < 1.29 is 9.59 Å². The van der Waals surface area contributed by atoms with E-state index in [1.165, 1.54) is 6.92 Å². The number of anilines is 1. The zero-order chi connectivity index (χ0) is 14.5. The molecule has 0 aliphatic carbocycles. The van der Waals surface area contributed by atoms with Gasteiger partial charge < -0.3 is 9.80 Å². The number of pyridine rings is 1. The fourth-order valence-corrected chi connectivity index (χ4v) is 2.46. The standard InChI is InChI=1S/C12H15ClN4O2S/c1-9(18)16-5-7-17(8-6-16)12(19)15-10-3-2-4-11(14-10)20-13/h2-4H,5-8H2,1H3,(H,14,15,19). The van der Waals surface area contributed by atoms with Gasteiger partial charge in [0.25, 0.3) is 0 Å². The highest BCUT2D eigenvalue weighted by Gasteiger charge is 2.22. The molecule has 0 atom stereocenters. The van der Waals surface area contributed by atoms with Gasteiger partial charge in [-0.3, -0.25) is 10.1 Å². The van der Waals surface area contributed by atoms with Crippen LogP contribution in [0, 0.1) is 0 Å². The van der Waals surface area contributed by atoms with Gasteiger partial charge >= 0.3 is 6.03 Å². The highest BCUT2D eigenvalue weighted by atomic mass is 35.7. The number of carbonyl (C=O) groups excluding carboxylic acids is 2. The quantitative estimate of drug-likeness (QED) is 0.907. The third-order valence-corrected chi connectivity index (χ3v) is 3.91. The maximum Gasteiger partial charge on any atom is 0.323 e. The lowest BCUT2D eigenvalue weighted by molar-refractivity contribution is -0.130. The number of rotatable bonds is 2. The summed E-state index contributed by atoms with van der Waals surface area (Å²) in [6, 6.07) is 5.04. The summed E-state index contributed by atoms with van der Waals surface area (Å²) in [5.74, 6) is 0.508. The predicted molar refractivity (Wildman–Crippen MR) is 78.8 cm³/mol. The summed E-state index contributed by atoms with van der Waals surface area (Å²) < 4.78 is 0. The van der Waals surface area contributed by atoms with Crippen molar-refractivity contribution in [1.29, 1.82) is 0 Å². The Morgan fingerprint density at radius 2 is 1.90 bits per heavy atom. The third kappa shape index (κ3) is 3.77. The average molecular weight is 315 g/mol. The summed E-state index contributed by atoms with van der Waals surface area (Å²) in [5, 5.41) is 3.36.